The van der Waals surface area contributed by atoms with Crippen molar-refractivity contribution in [2.45, 2.75) is 12.5 Å². The average Bonchev–Trinajstić information content (AvgIpc) is 2.82. The zero-order chi connectivity index (χ0) is 13.8. The van der Waals surface area contributed by atoms with Gasteiger partial charge >= 0.3 is 0 Å². The van der Waals surface area contributed by atoms with Gasteiger partial charge in [-0.1, -0.05) is 6.07 Å². The molecule has 1 aromatic carbocycles. The summed E-state index contributed by atoms with van der Waals surface area (Å²) in [5.41, 5.74) is 2.29. The van der Waals surface area contributed by atoms with E-state index in [1.54, 1.807) is 7.11 Å². The lowest BCUT2D eigenvalue weighted by atomic mass is 10.0. The van der Waals surface area contributed by atoms with Gasteiger partial charge in [-0.3, -0.25) is 4.68 Å². The second kappa shape index (κ2) is 6.21. The highest BCUT2D eigenvalue weighted by Crippen LogP contribution is 2.27. The van der Waals surface area contributed by atoms with Crippen molar-refractivity contribution in [2.24, 2.45) is 7.05 Å². The minimum atomic E-state index is 0.210. The number of aryl methyl sites for hydroxylation is 1. The lowest BCUT2D eigenvalue weighted by Gasteiger charge is -2.14. The van der Waals surface area contributed by atoms with Crippen LogP contribution in [0.15, 0.2) is 34.9 Å². The first kappa shape index (κ1) is 14.1. The predicted molar refractivity (Wildman–Crippen MR) is 79.4 cm³/mol. The number of nitrogens with one attached hydrogen (secondary N) is 1. The fraction of sp³-hybridized carbons (Fsp3) is 0.357. The van der Waals surface area contributed by atoms with Crippen molar-refractivity contribution in [3.8, 4) is 5.75 Å². The number of rotatable bonds is 5. The van der Waals surface area contributed by atoms with Crippen LogP contribution in [0.5, 0.6) is 5.75 Å². The van der Waals surface area contributed by atoms with Crippen LogP contribution in [0, 0.1) is 0 Å². The van der Waals surface area contributed by atoms with E-state index in [1.165, 1.54) is 5.56 Å². The van der Waals surface area contributed by atoms with Crippen LogP contribution in [0.3, 0.4) is 0 Å². The van der Waals surface area contributed by atoms with E-state index >= 15 is 0 Å². The number of halogens is 1. The van der Waals surface area contributed by atoms with Crippen molar-refractivity contribution >= 4 is 15.9 Å². The molecule has 1 atom stereocenters. The number of hydrogen-bond acceptors (Lipinski definition) is 3. The van der Waals surface area contributed by atoms with Crippen molar-refractivity contribution in [1.82, 2.24) is 15.1 Å². The minimum Gasteiger partial charge on any atom is -0.496 e. The van der Waals surface area contributed by atoms with Crippen LogP contribution in [0.4, 0.5) is 0 Å². The topological polar surface area (TPSA) is 39.1 Å². The summed E-state index contributed by atoms with van der Waals surface area (Å²) in [6.07, 6.45) is 2.85. The Morgan fingerprint density at radius 1 is 1.42 bits per heavy atom. The highest BCUT2D eigenvalue weighted by molar-refractivity contribution is 9.10. The minimum absolute atomic E-state index is 0.210. The Bertz CT molecular complexity index is 553. The maximum absolute atomic E-state index is 5.24. The number of methoxy groups -OCH3 is 1. The Balaban J connectivity index is 2.16. The van der Waals surface area contributed by atoms with E-state index in [0.717, 1.165) is 22.3 Å². The first-order chi connectivity index (χ1) is 9.13. The van der Waals surface area contributed by atoms with Crippen LogP contribution in [0.2, 0.25) is 0 Å². The van der Waals surface area contributed by atoms with Crippen molar-refractivity contribution in [1.29, 1.82) is 0 Å². The Labute approximate surface area is 121 Å². The number of hydrogen-bond donors (Lipinski definition) is 1. The van der Waals surface area contributed by atoms with Gasteiger partial charge in [0, 0.05) is 13.2 Å². The van der Waals surface area contributed by atoms with Gasteiger partial charge in [0.05, 0.1) is 23.3 Å². The van der Waals surface area contributed by atoms with Gasteiger partial charge in [0.2, 0.25) is 0 Å². The molecule has 1 N–H and O–H groups in total. The Kier molecular flexibility index (Phi) is 4.61. The van der Waals surface area contributed by atoms with E-state index in [0.29, 0.717) is 0 Å². The zero-order valence-corrected chi connectivity index (χ0v) is 12.9. The molecule has 0 aliphatic carbocycles. The zero-order valence-electron chi connectivity index (χ0n) is 11.4. The van der Waals surface area contributed by atoms with E-state index in [1.807, 2.05) is 37.1 Å². The monoisotopic (exact) mass is 323 g/mol. The molecule has 2 aromatic rings. The molecular formula is C14H18BrN3O. The average molecular weight is 324 g/mol. The summed E-state index contributed by atoms with van der Waals surface area (Å²) in [5, 5.41) is 7.76. The molecule has 19 heavy (non-hydrogen) atoms. The van der Waals surface area contributed by atoms with Gasteiger partial charge in [0.25, 0.3) is 0 Å². The van der Waals surface area contributed by atoms with E-state index in [9.17, 15) is 0 Å². The molecule has 0 bridgehead atoms. The second-order valence-electron chi connectivity index (χ2n) is 4.43. The lowest BCUT2D eigenvalue weighted by molar-refractivity contribution is 0.412. The van der Waals surface area contributed by atoms with Crippen LogP contribution < -0.4 is 10.1 Å². The molecule has 0 fully saturated rings. The van der Waals surface area contributed by atoms with E-state index in [2.05, 4.69) is 38.5 Å². The molecule has 0 spiro atoms. The van der Waals surface area contributed by atoms with Gasteiger partial charge < -0.3 is 10.1 Å². The van der Waals surface area contributed by atoms with Gasteiger partial charge in [-0.15, -0.1) is 0 Å². The number of ether oxygens (including phenoxy) is 1. The molecule has 0 saturated carbocycles. The summed E-state index contributed by atoms with van der Waals surface area (Å²) in [7, 11) is 5.56. The van der Waals surface area contributed by atoms with E-state index in [-0.39, 0.29) is 6.04 Å². The quantitative estimate of drug-likeness (QED) is 0.919. The maximum atomic E-state index is 5.24. The lowest BCUT2D eigenvalue weighted by Crippen LogP contribution is -2.19. The summed E-state index contributed by atoms with van der Waals surface area (Å²) in [4.78, 5) is 0. The number of nitrogens with zero attached hydrogens (tertiary/aromatic N) is 2. The molecule has 0 radical (unpaired) electrons. The summed E-state index contributed by atoms with van der Waals surface area (Å²) in [5.74, 6) is 0.850. The van der Waals surface area contributed by atoms with Crippen molar-refractivity contribution in [3.63, 3.8) is 0 Å². The van der Waals surface area contributed by atoms with Crippen LogP contribution in [0.1, 0.15) is 17.3 Å². The van der Waals surface area contributed by atoms with E-state index in [4.69, 9.17) is 4.74 Å². The molecule has 2 rings (SSSR count). The summed E-state index contributed by atoms with van der Waals surface area (Å²) in [6, 6.07) is 8.40. The predicted octanol–water partition coefficient (Wildman–Crippen LogP) is 2.69. The first-order valence-electron chi connectivity index (χ1n) is 6.13. The fourth-order valence-corrected chi connectivity index (χ4v) is 2.63. The summed E-state index contributed by atoms with van der Waals surface area (Å²) < 4.78 is 8.04. The molecule has 1 aromatic heterocycles. The molecule has 0 aliphatic heterocycles. The van der Waals surface area contributed by atoms with Gasteiger partial charge in [0.1, 0.15) is 5.75 Å². The summed E-state index contributed by atoms with van der Waals surface area (Å²) in [6.45, 7) is 0. The number of aromatic nitrogens is 2. The van der Waals surface area contributed by atoms with Gasteiger partial charge in [0.15, 0.2) is 0 Å². The SMILES string of the molecule is CNC(Cc1ccc(OC)c(Br)c1)c1ccn(C)n1. The standard InChI is InChI=1S/C14H18BrN3O/c1-16-13(12-6-7-18(2)17-12)9-10-4-5-14(19-3)11(15)8-10/h4-8,13,16H,9H2,1-3H3. The third-order valence-corrected chi connectivity index (χ3v) is 3.72. The molecule has 4 nitrogen and oxygen atoms in total. The van der Waals surface area contributed by atoms with Gasteiger partial charge in [-0.2, -0.15) is 5.10 Å². The van der Waals surface area contributed by atoms with Crippen LogP contribution in [-0.4, -0.2) is 23.9 Å². The van der Waals surface area contributed by atoms with Gasteiger partial charge in [-0.05, 0) is 53.2 Å². The fourth-order valence-electron chi connectivity index (χ4n) is 2.05. The first-order valence-corrected chi connectivity index (χ1v) is 6.92. The highest BCUT2D eigenvalue weighted by atomic mass is 79.9. The molecule has 5 heteroatoms. The van der Waals surface area contributed by atoms with Crippen LogP contribution >= 0.6 is 15.9 Å². The Hall–Kier alpha value is -1.33. The number of benzene rings is 1. The Morgan fingerprint density at radius 3 is 2.74 bits per heavy atom. The van der Waals surface area contributed by atoms with E-state index < -0.39 is 0 Å². The Morgan fingerprint density at radius 2 is 2.21 bits per heavy atom. The molecule has 1 heterocycles. The second-order valence-corrected chi connectivity index (χ2v) is 5.28. The molecular weight excluding hydrogens is 306 g/mol. The van der Waals surface area contributed by atoms with Crippen molar-refractivity contribution < 1.29 is 4.74 Å². The molecule has 102 valence electrons. The van der Waals surface area contributed by atoms with Crippen molar-refractivity contribution in [2.75, 3.05) is 14.2 Å². The third kappa shape index (κ3) is 3.36. The number of likely N-dealkylation sites (N-methyl/N-ethyl adjacent to an activating group) is 1. The van der Waals surface area contributed by atoms with Crippen molar-refractivity contribution in [3.05, 3.63) is 46.2 Å². The third-order valence-electron chi connectivity index (χ3n) is 3.10. The largest absolute Gasteiger partial charge is 0.496 e. The maximum Gasteiger partial charge on any atom is 0.133 e. The molecule has 0 aliphatic rings. The molecule has 0 amide bonds. The van der Waals surface area contributed by atoms with Crippen LogP contribution in [0.25, 0.3) is 0 Å². The summed E-state index contributed by atoms with van der Waals surface area (Å²) >= 11 is 3.51. The van der Waals surface area contributed by atoms with Crippen LogP contribution in [-0.2, 0) is 13.5 Å². The smallest absolute Gasteiger partial charge is 0.133 e. The normalized spacial score (nSPS) is 12.4. The molecule has 0 saturated heterocycles. The highest BCUT2D eigenvalue weighted by Gasteiger charge is 2.13. The van der Waals surface area contributed by atoms with Gasteiger partial charge in [-0.25, -0.2) is 0 Å². The molecule has 1 unspecified atom stereocenters.